The van der Waals surface area contributed by atoms with E-state index in [0.717, 1.165) is 15.6 Å². The first-order chi connectivity index (χ1) is 9.06. The van der Waals surface area contributed by atoms with Crippen molar-refractivity contribution in [1.82, 2.24) is 5.32 Å². The summed E-state index contributed by atoms with van der Waals surface area (Å²) in [6.07, 6.45) is 0.776. The molecule has 0 aliphatic carbocycles. The molecular formula is C13H10BrCl2NOS. The number of nitrogens with one attached hydrogen (secondary N) is 1. The summed E-state index contributed by atoms with van der Waals surface area (Å²) in [7, 11) is 0. The van der Waals surface area contributed by atoms with Gasteiger partial charge < -0.3 is 5.32 Å². The lowest BCUT2D eigenvalue weighted by molar-refractivity contribution is 0.0954. The number of halogens is 3. The fourth-order valence-corrected chi connectivity index (χ4v) is 3.11. The Hall–Kier alpha value is -0.550. The zero-order valence-electron chi connectivity index (χ0n) is 9.75. The van der Waals surface area contributed by atoms with Crippen LogP contribution in [0.2, 0.25) is 9.36 Å². The van der Waals surface area contributed by atoms with Crippen molar-refractivity contribution in [2.45, 2.75) is 6.42 Å². The summed E-state index contributed by atoms with van der Waals surface area (Å²) in [6.45, 7) is 0.579. The van der Waals surface area contributed by atoms with E-state index in [1.165, 1.54) is 11.3 Å². The number of hydrogen-bond donors (Lipinski definition) is 1. The molecular weight excluding hydrogens is 369 g/mol. The van der Waals surface area contributed by atoms with E-state index in [0.29, 0.717) is 21.6 Å². The van der Waals surface area contributed by atoms with Crippen LogP contribution < -0.4 is 5.32 Å². The molecule has 0 atom stereocenters. The maximum atomic E-state index is 11.9. The fourth-order valence-electron chi connectivity index (χ4n) is 1.52. The summed E-state index contributed by atoms with van der Waals surface area (Å²) in [5.74, 6) is -0.111. The van der Waals surface area contributed by atoms with Gasteiger partial charge in [-0.2, -0.15) is 0 Å². The Balaban J connectivity index is 1.89. The molecule has 0 saturated heterocycles. The molecule has 1 N–H and O–H groups in total. The first kappa shape index (κ1) is 14.9. The third kappa shape index (κ3) is 4.21. The van der Waals surface area contributed by atoms with Gasteiger partial charge in [0.1, 0.15) is 0 Å². The lowest BCUT2D eigenvalue weighted by atomic mass is 10.2. The Morgan fingerprint density at radius 1 is 1.26 bits per heavy atom. The van der Waals surface area contributed by atoms with Gasteiger partial charge >= 0.3 is 0 Å². The summed E-state index contributed by atoms with van der Waals surface area (Å²) in [5, 5.41) is 3.45. The highest BCUT2D eigenvalue weighted by Crippen LogP contribution is 2.23. The van der Waals surface area contributed by atoms with Crippen molar-refractivity contribution in [3.05, 3.63) is 54.6 Å². The molecule has 1 heterocycles. The van der Waals surface area contributed by atoms with Gasteiger partial charge in [0.15, 0.2) is 0 Å². The van der Waals surface area contributed by atoms with Crippen LogP contribution in [0.3, 0.4) is 0 Å². The smallest absolute Gasteiger partial charge is 0.251 e. The second-order valence-corrected chi connectivity index (χ2v) is 6.90. The number of benzene rings is 1. The van der Waals surface area contributed by atoms with Gasteiger partial charge in [-0.05, 0) is 52.7 Å². The van der Waals surface area contributed by atoms with E-state index >= 15 is 0 Å². The minimum atomic E-state index is -0.111. The van der Waals surface area contributed by atoms with Crippen LogP contribution >= 0.6 is 50.5 Å². The lowest BCUT2D eigenvalue weighted by Gasteiger charge is -2.05. The first-order valence-electron chi connectivity index (χ1n) is 5.54. The SMILES string of the molecule is O=C(NCCc1ccc(Cl)s1)c1ccc(Cl)c(Br)c1. The standard InChI is InChI=1S/C13H10BrCl2NOS/c14-10-7-8(1-3-11(10)15)13(18)17-6-5-9-2-4-12(16)19-9/h1-4,7H,5-6H2,(H,17,18). The predicted molar refractivity (Wildman–Crippen MR) is 84.5 cm³/mol. The molecule has 19 heavy (non-hydrogen) atoms. The average Bonchev–Trinajstić information content (AvgIpc) is 2.78. The van der Waals surface area contributed by atoms with Crippen molar-refractivity contribution >= 4 is 56.4 Å². The Kier molecular flexibility index (Phi) is 5.28. The van der Waals surface area contributed by atoms with Crippen molar-refractivity contribution in [2.24, 2.45) is 0 Å². The molecule has 0 unspecified atom stereocenters. The van der Waals surface area contributed by atoms with Crippen LogP contribution in [0.4, 0.5) is 0 Å². The molecule has 0 radical (unpaired) electrons. The van der Waals surface area contributed by atoms with Crippen LogP contribution in [-0.2, 0) is 6.42 Å². The van der Waals surface area contributed by atoms with Gasteiger partial charge in [-0.15, -0.1) is 11.3 Å². The number of hydrogen-bond acceptors (Lipinski definition) is 2. The van der Waals surface area contributed by atoms with E-state index in [1.54, 1.807) is 18.2 Å². The molecule has 0 spiro atoms. The Morgan fingerprint density at radius 2 is 2.05 bits per heavy atom. The Morgan fingerprint density at radius 3 is 2.68 bits per heavy atom. The van der Waals surface area contributed by atoms with Crippen LogP contribution in [-0.4, -0.2) is 12.5 Å². The Bertz CT molecular complexity index is 600. The minimum absolute atomic E-state index is 0.111. The zero-order valence-corrected chi connectivity index (χ0v) is 13.7. The maximum Gasteiger partial charge on any atom is 0.251 e. The number of carbonyl (C=O) groups is 1. The average molecular weight is 379 g/mol. The van der Waals surface area contributed by atoms with Gasteiger partial charge in [0.2, 0.25) is 0 Å². The molecule has 0 bridgehead atoms. The van der Waals surface area contributed by atoms with Crippen molar-refractivity contribution in [1.29, 1.82) is 0 Å². The Labute approximate surface area is 133 Å². The van der Waals surface area contributed by atoms with Crippen LogP contribution in [0.15, 0.2) is 34.8 Å². The molecule has 6 heteroatoms. The molecule has 0 saturated carbocycles. The van der Waals surface area contributed by atoms with E-state index in [1.807, 2.05) is 12.1 Å². The normalized spacial score (nSPS) is 10.5. The highest BCUT2D eigenvalue weighted by atomic mass is 79.9. The molecule has 2 rings (SSSR count). The van der Waals surface area contributed by atoms with Crippen LogP contribution in [0.1, 0.15) is 15.2 Å². The van der Waals surface area contributed by atoms with Crippen molar-refractivity contribution < 1.29 is 4.79 Å². The second kappa shape index (κ2) is 6.75. The van der Waals surface area contributed by atoms with E-state index in [9.17, 15) is 4.79 Å². The van der Waals surface area contributed by atoms with Crippen LogP contribution in [0, 0.1) is 0 Å². The number of amides is 1. The lowest BCUT2D eigenvalue weighted by Crippen LogP contribution is -2.25. The molecule has 100 valence electrons. The first-order valence-corrected chi connectivity index (χ1v) is 7.90. The van der Waals surface area contributed by atoms with E-state index in [4.69, 9.17) is 23.2 Å². The molecule has 1 aromatic heterocycles. The maximum absolute atomic E-state index is 11.9. The van der Waals surface area contributed by atoms with Gasteiger partial charge in [0.05, 0.1) is 9.36 Å². The van der Waals surface area contributed by atoms with Gasteiger partial charge in [-0.3, -0.25) is 4.79 Å². The fraction of sp³-hybridized carbons (Fsp3) is 0.154. The third-order valence-corrected chi connectivity index (χ3v) is 4.97. The minimum Gasteiger partial charge on any atom is -0.352 e. The van der Waals surface area contributed by atoms with Crippen LogP contribution in [0.5, 0.6) is 0 Å². The van der Waals surface area contributed by atoms with Gasteiger partial charge in [0, 0.05) is 21.5 Å². The molecule has 0 aliphatic rings. The third-order valence-electron chi connectivity index (χ3n) is 2.47. The topological polar surface area (TPSA) is 29.1 Å². The highest BCUT2D eigenvalue weighted by Gasteiger charge is 2.07. The largest absolute Gasteiger partial charge is 0.352 e. The van der Waals surface area contributed by atoms with E-state index in [2.05, 4.69) is 21.2 Å². The summed E-state index contributed by atoms with van der Waals surface area (Å²) >= 11 is 16.6. The molecule has 2 aromatic rings. The highest BCUT2D eigenvalue weighted by molar-refractivity contribution is 9.10. The van der Waals surface area contributed by atoms with Crippen molar-refractivity contribution in [3.8, 4) is 0 Å². The summed E-state index contributed by atoms with van der Waals surface area (Å²) < 4.78 is 1.48. The number of thiophene rings is 1. The van der Waals surface area contributed by atoms with E-state index in [-0.39, 0.29) is 5.91 Å². The number of carbonyl (C=O) groups excluding carboxylic acids is 1. The van der Waals surface area contributed by atoms with Crippen molar-refractivity contribution in [2.75, 3.05) is 6.54 Å². The summed E-state index contributed by atoms with van der Waals surface area (Å²) in [6, 6.07) is 8.93. The van der Waals surface area contributed by atoms with Crippen molar-refractivity contribution in [3.63, 3.8) is 0 Å². The zero-order chi connectivity index (χ0) is 13.8. The van der Waals surface area contributed by atoms with E-state index < -0.39 is 0 Å². The van der Waals surface area contributed by atoms with Gasteiger partial charge in [0.25, 0.3) is 5.91 Å². The number of rotatable bonds is 4. The quantitative estimate of drug-likeness (QED) is 0.814. The predicted octanol–water partition coefficient (Wildman–Crippen LogP) is 4.79. The van der Waals surface area contributed by atoms with Gasteiger partial charge in [-0.1, -0.05) is 23.2 Å². The molecule has 0 aliphatic heterocycles. The van der Waals surface area contributed by atoms with Crippen LogP contribution in [0.25, 0.3) is 0 Å². The molecule has 2 nitrogen and oxygen atoms in total. The summed E-state index contributed by atoms with van der Waals surface area (Å²) in [5.41, 5.74) is 0.584. The molecule has 0 fully saturated rings. The molecule has 1 amide bonds. The van der Waals surface area contributed by atoms with Gasteiger partial charge in [-0.25, -0.2) is 0 Å². The second-order valence-electron chi connectivity index (χ2n) is 3.84. The monoisotopic (exact) mass is 377 g/mol. The molecule has 1 aromatic carbocycles. The summed E-state index contributed by atoms with van der Waals surface area (Å²) in [4.78, 5) is 13.1.